The molecule has 0 bridgehead atoms. The van der Waals surface area contributed by atoms with Crippen molar-refractivity contribution in [2.24, 2.45) is 5.10 Å². The van der Waals surface area contributed by atoms with E-state index in [0.717, 1.165) is 11.1 Å². The van der Waals surface area contributed by atoms with Crippen molar-refractivity contribution < 1.29 is 9.59 Å². The Morgan fingerprint density at radius 1 is 1.08 bits per heavy atom. The van der Waals surface area contributed by atoms with Crippen LogP contribution in [0.3, 0.4) is 0 Å². The van der Waals surface area contributed by atoms with Crippen molar-refractivity contribution in [3.8, 4) is 0 Å². The van der Waals surface area contributed by atoms with Crippen LogP contribution in [0.15, 0.2) is 47.6 Å². The minimum absolute atomic E-state index is 0.450. The van der Waals surface area contributed by atoms with Gasteiger partial charge in [0.25, 0.3) is 0 Å². The quantitative estimate of drug-likeness (QED) is 0.495. The molecule has 0 aromatic heterocycles. The highest BCUT2D eigenvalue weighted by molar-refractivity contribution is 6.39. The Kier molecular flexibility index (Phi) is 6.31. The van der Waals surface area contributed by atoms with Gasteiger partial charge in [0.1, 0.15) is 0 Å². The molecule has 0 atom stereocenters. The Morgan fingerprint density at radius 2 is 1.76 bits per heavy atom. The lowest BCUT2D eigenvalue weighted by Crippen LogP contribution is -2.32. The van der Waals surface area contributed by atoms with E-state index in [-0.39, 0.29) is 0 Å². The zero-order valence-corrected chi connectivity index (χ0v) is 15.1. The first-order valence-electron chi connectivity index (χ1n) is 7.87. The van der Waals surface area contributed by atoms with Crippen LogP contribution in [0.1, 0.15) is 36.5 Å². The minimum Gasteiger partial charge on any atom is -0.317 e. The first-order valence-corrected chi connectivity index (χ1v) is 8.25. The summed E-state index contributed by atoms with van der Waals surface area (Å²) in [5, 5.41) is 6.89. The summed E-state index contributed by atoms with van der Waals surface area (Å²) >= 11 is 5.86. The van der Waals surface area contributed by atoms with Crippen molar-refractivity contribution in [2.75, 3.05) is 5.32 Å². The summed E-state index contributed by atoms with van der Waals surface area (Å²) in [5.74, 6) is -1.19. The van der Waals surface area contributed by atoms with Gasteiger partial charge in [0, 0.05) is 10.7 Å². The summed E-state index contributed by atoms with van der Waals surface area (Å²) in [7, 11) is 0. The van der Waals surface area contributed by atoms with Gasteiger partial charge in [-0.05, 0) is 47.7 Å². The van der Waals surface area contributed by atoms with Gasteiger partial charge in [-0.2, -0.15) is 5.10 Å². The predicted octanol–water partition coefficient (Wildman–Crippen LogP) is 3.86. The van der Waals surface area contributed by atoms with Crippen molar-refractivity contribution in [1.82, 2.24) is 5.43 Å². The molecule has 0 spiro atoms. The van der Waals surface area contributed by atoms with Gasteiger partial charge in [0.15, 0.2) is 0 Å². The number of benzene rings is 2. The molecule has 25 heavy (non-hydrogen) atoms. The van der Waals surface area contributed by atoms with Crippen LogP contribution in [0, 0.1) is 6.92 Å². The van der Waals surface area contributed by atoms with E-state index in [4.69, 9.17) is 11.6 Å². The first-order chi connectivity index (χ1) is 11.9. The molecule has 2 aromatic rings. The second-order valence-electron chi connectivity index (χ2n) is 5.93. The van der Waals surface area contributed by atoms with Crippen LogP contribution in [0.4, 0.5) is 5.69 Å². The molecule has 0 aliphatic carbocycles. The molecule has 0 aliphatic rings. The van der Waals surface area contributed by atoms with Gasteiger partial charge in [-0.15, -0.1) is 0 Å². The molecule has 130 valence electrons. The molecular weight excluding hydrogens is 338 g/mol. The second kappa shape index (κ2) is 8.44. The number of hydrazone groups is 1. The molecule has 2 N–H and O–H groups in total. The molecule has 5 nitrogen and oxygen atoms in total. The lowest BCUT2D eigenvalue weighted by molar-refractivity contribution is -0.136. The van der Waals surface area contributed by atoms with Crippen molar-refractivity contribution >= 4 is 35.3 Å². The normalized spacial score (nSPS) is 10.9. The molecule has 0 unspecified atom stereocenters. The highest BCUT2D eigenvalue weighted by Gasteiger charge is 2.13. The van der Waals surface area contributed by atoms with Crippen LogP contribution in [0.5, 0.6) is 0 Å². The maximum Gasteiger partial charge on any atom is 0.329 e. The molecule has 0 fully saturated rings. The Morgan fingerprint density at radius 3 is 2.36 bits per heavy atom. The number of aryl methyl sites for hydroxylation is 1. The number of hydrogen-bond acceptors (Lipinski definition) is 3. The van der Waals surface area contributed by atoms with E-state index in [2.05, 4.69) is 29.7 Å². The molecule has 2 amide bonds. The molecule has 2 rings (SSSR count). The number of halogens is 1. The molecule has 0 saturated heterocycles. The van der Waals surface area contributed by atoms with Crippen LogP contribution in [0.25, 0.3) is 0 Å². The van der Waals surface area contributed by atoms with Gasteiger partial charge in [-0.3, -0.25) is 9.59 Å². The smallest absolute Gasteiger partial charge is 0.317 e. The van der Waals surface area contributed by atoms with Crippen molar-refractivity contribution in [3.63, 3.8) is 0 Å². The lowest BCUT2D eigenvalue weighted by Gasteiger charge is -2.07. The number of carbonyl (C=O) groups excluding carboxylic acids is 2. The van der Waals surface area contributed by atoms with Gasteiger partial charge in [-0.1, -0.05) is 49.7 Å². The second-order valence-corrected chi connectivity index (χ2v) is 6.37. The Balaban J connectivity index is 1.91. The SMILES string of the molecule is Cc1cc(Cl)ccc1NC(=O)C(=O)N/N=C/c1ccc(C(C)C)cc1. The first kappa shape index (κ1) is 18.7. The number of hydrogen-bond donors (Lipinski definition) is 2. The third-order valence-corrected chi connectivity index (χ3v) is 3.86. The zero-order valence-electron chi connectivity index (χ0n) is 14.3. The van der Waals surface area contributed by atoms with E-state index < -0.39 is 11.8 Å². The van der Waals surface area contributed by atoms with Crippen LogP contribution < -0.4 is 10.7 Å². The van der Waals surface area contributed by atoms with Gasteiger partial charge >= 0.3 is 11.8 Å². The predicted molar refractivity (Wildman–Crippen MR) is 101 cm³/mol. The highest BCUT2D eigenvalue weighted by atomic mass is 35.5. The van der Waals surface area contributed by atoms with E-state index in [1.807, 2.05) is 24.3 Å². The molecule has 0 heterocycles. The number of anilines is 1. The van der Waals surface area contributed by atoms with E-state index in [9.17, 15) is 9.59 Å². The fraction of sp³-hybridized carbons (Fsp3) is 0.211. The van der Waals surface area contributed by atoms with Crippen LogP contribution in [-0.2, 0) is 9.59 Å². The number of amides is 2. The molecule has 0 aliphatic heterocycles. The number of rotatable bonds is 4. The summed E-state index contributed by atoms with van der Waals surface area (Å²) in [6, 6.07) is 12.8. The highest BCUT2D eigenvalue weighted by Crippen LogP contribution is 2.19. The average Bonchev–Trinajstić information content (AvgIpc) is 2.57. The standard InChI is InChI=1S/C19H20ClN3O2/c1-12(2)15-6-4-14(5-7-15)11-21-23-19(25)18(24)22-17-9-8-16(20)10-13(17)3/h4-12H,1-3H3,(H,22,24)(H,23,25)/b21-11+. The topological polar surface area (TPSA) is 70.6 Å². The molecule has 2 aromatic carbocycles. The van der Waals surface area contributed by atoms with E-state index in [1.54, 1.807) is 25.1 Å². The molecule has 0 saturated carbocycles. The molecular formula is C19H20ClN3O2. The summed E-state index contributed by atoms with van der Waals surface area (Å²) in [6.07, 6.45) is 1.49. The molecule has 6 heteroatoms. The largest absolute Gasteiger partial charge is 0.329 e. The van der Waals surface area contributed by atoms with Crippen molar-refractivity contribution in [3.05, 3.63) is 64.2 Å². The Labute approximate surface area is 152 Å². The summed E-state index contributed by atoms with van der Waals surface area (Å²) in [5.41, 5.74) is 5.56. The monoisotopic (exact) mass is 357 g/mol. The third-order valence-electron chi connectivity index (χ3n) is 3.63. The van der Waals surface area contributed by atoms with Gasteiger partial charge in [0.05, 0.1) is 6.21 Å². The van der Waals surface area contributed by atoms with Gasteiger partial charge in [-0.25, -0.2) is 5.43 Å². The van der Waals surface area contributed by atoms with Gasteiger partial charge in [0.2, 0.25) is 0 Å². The van der Waals surface area contributed by atoms with Gasteiger partial charge < -0.3 is 5.32 Å². The zero-order chi connectivity index (χ0) is 18.4. The van der Waals surface area contributed by atoms with E-state index in [0.29, 0.717) is 16.6 Å². The fourth-order valence-corrected chi connectivity index (χ4v) is 2.36. The van der Waals surface area contributed by atoms with Crippen LogP contribution in [0.2, 0.25) is 5.02 Å². The molecule has 0 radical (unpaired) electrons. The lowest BCUT2D eigenvalue weighted by atomic mass is 10.0. The number of nitrogens with one attached hydrogen (secondary N) is 2. The Hall–Kier alpha value is -2.66. The summed E-state index contributed by atoms with van der Waals surface area (Å²) in [6.45, 7) is 6.02. The van der Waals surface area contributed by atoms with Crippen LogP contribution in [-0.4, -0.2) is 18.0 Å². The number of carbonyl (C=O) groups is 2. The Bertz CT molecular complexity index is 799. The van der Waals surface area contributed by atoms with Crippen LogP contribution >= 0.6 is 11.6 Å². The average molecular weight is 358 g/mol. The van der Waals surface area contributed by atoms with Crippen molar-refractivity contribution in [1.29, 1.82) is 0 Å². The van der Waals surface area contributed by atoms with E-state index >= 15 is 0 Å². The third kappa shape index (κ3) is 5.43. The number of nitrogens with zero attached hydrogens (tertiary/aromatic N) is 1. The minimum atomic E-state index is -0.843. The van der Waals surface area contributed by atoms with Crippen molar-refractivity contribution in [2.45, 2.75) is 26.7 Å². The maximum atomic E-state index is 11.9. The van der Waals surface area contributed by atoms with E-state index in [1.165, 1.54) is 11.8 Å². The summed E-state index contributed by atoms with van der Waals surface area (Å²) < 4.78 is 0. The summed E-state index contributed by atoms with van der Waals surface area (Å²) in [4.78, 5) is 23.7. The maximum absolute atomic E-state index is 11.9. The fourth-order valence-electron chi connectivity index (χ4n) is 2.13.